The normalized spacial score (nSPS) is 12.0. The zero-order valence-electron chi connectivity index (χ0n) is 13.6. The molecule has 3 nitrogen and oxygen atoms in total. The number of benzene rings is 2. The predicted molar refractivity (Wildman–Crippen MR) is 90.6 cm³/mol. The lowest BCUT2D eigenvalue weighted by atomic mass is 9.98. The van der Waals surface area contributed by atoms with Crippen molar-refractivity contribution in [3.63, 3.8) is 0 Å². The molecule has 2 aromatic carbocycles. The quantitative estimate of drug-likeness (QED) is 0.839. The molecular formula is C19H25NO2. The van der Waals surface area contributed by atoms with Gasteiger partial charge >= 0.3 is 0 Å². The van der Waals surface area contributed by atoms with Gasteiger partial charge in [0.05, 0.1) is 13.7 Å². The minimum absolute atomic E-state index is 0.0132. The van der Waals surface area contributed by atoms with Crippen LogP contribution in [-0.4, -0.2) is 13.7 Å². The number of ether oxygens (including phenoxy) is 2. The lowest BCUT2D eigenvalue weighted by Crippen LogP contribution is -2.12. The number of rotatable bonds is 7. The minimum atomic E-state index is 0.0132. The van der Waals surface area contributed by atoms with Crippen molar-refractivity contribution in [3.05, 3.63) is 59.2 Å². The number of hydrogen-bond acceptors (Lipinski definition) is 3. The van der Waals surface area contributed by atoms with Gasteiger partial charge in [-0.15, -0.1) is 0 Å². The van der Waals surface area contributed by atoms with Crippen LogP contribution in [0.5, 0.6) is 11.5 Å². The van der Waals surface area contributed by atoms with Crippen molar-refractivity contribution < 1.29 is 9.47 Å². The van der Waals surface area contributed by atoms with Crippen molar-refractivity contribution >= 4 is 0 Å². The summed E-state index contributed by atoms with van der Waals surface area (Å²) in [5, 5.41) is 0. The SMILES string of the molecule is CCOc1ccccc1CCC(N)c1ccc(OC)c(C)c1. The Labute approximate surface area is 133 Å². The van der Waals surface area contributed by atoms with E-state index in [2.05, 4.69) is 12.1 Å². The van der Waals surface area contributed by atoms with Crippen LogP contribution >= 0.6 is 0 Å². The number of para-hydroxylation sites is 1. The van der Waals surface area contributed by atoms with Gasteiger partial charge < -0.3 is 15.2 Å². The standard InChI is InChI=1S/C19H25NO2/c1-4-22-19-8-6-5-7-15(19)9-11-17(20)16-10-12-18(21-3)14(2)13-16/h5-8,10,12-13,17H,4,9,11,20H2,1-3H3. The second-order valence-corrected chi connectivity index (χ2v) is 5.41. The van der Waals surface area contributed by atoms with Gasteiger partial charge in [0.15, 0.2) is 0 Å². The topological polar surface area (TPSA) is 44.5 Å². The summed E-state index contributed by atoms with van der Waals surface area (Å²) in [6.45, 7) is 4.73. The molecule has 0 saturated heterocycles. The third-order valence-corrected chi connectivity index (χ3v) is 3.84. The Morgan fingerprint density at radius 2 is 1.86 bits per heavy atom. The molecule has 0 saturated carbocycles. The third-order valence-electron chi connectivity index (χ3n) is 3.84. The van der Waals surface area contributed by atoms with Crippen molar-refractivity contribution in [1.82, 2.24) is 0 Å². The fraction of sp³-hybridized carbons (Fsp3) is 0.368. The van der Waals surface area contributed by atoms with E-state index in [4.69, 9.17) is 15.2 Å². The molecule has 0 aliphatic carbocycles. The second kappa shape index (κ2) is 7.85. The molecule has 1 atom stereocenters. The Balaban J connectivity index is 2.03. The van der Waals surface area contributed by atoms with Crippen molar-refractivity contribution in [3.8, 4) is 11.5 Å². The fourth-order valence-electron chi connectivity index (χ4n) is 2.62. The van der Waals surface area contributed by atoms with E-state index in [0.29, 0.717) is 6.61 Å². The minimum Gasteiger partial charge on any atom is -0.496 e. The van der Waals surface area contributed by atoms with Gasteiger partial charge in [0.2, 0.25) is 0 Å². The maximum Gasteiger partial charge on any atom is 0.122 e. The van der Waals surface area contributed by atoms with Crippen LogP contribution in [0, 0.1) is 6.92 Å². The summed E-state index contributed by atoms with van der Waals surface area (Å²) < 4.78 is 11.0. The second-order valence-electron chi connectivity index (χ2n) is 5.41. The highest BCUT2D eigenvalue weighted by atomic mass is 16.5. The van der Waals surface area contributed by atoms with E-state index in [1.54, 1.807) is 7.11 Å². The number of nitrogens with two attached hydrogens (primary N) is 1. The average molecular weight is 299 g/mol. The molecule has 0 aliphatic rings. The monoisotopic (exact) mass is 299 g/mol. The highest BCUT2D eigenvalue weighted by Gasteiger charge is 2.10. The van der Waals surface area contributed by atoms with E-state index in [1.807, 2.05) is 44.2 Å². The molecule has 0 fully saturated rings. The molecule has 0 heterocycles. The van der Waals surface area contributed by atoms with Gasteiger partial charge in [-0.2, -0.15) is 0 Å². The van der Waals surface area contributed by atoms with Crippen molar-refractivity contribution in [2.24, 2.45) is 5.73 Å². The van der Waals surface area contributed by atoms with Gasteiger partial charge in [0, 0.05) is 6.04 Å². The zero-order chi connectivity index (χ0) is 15.9. The Hall–Kier alpha value is -2.00. The summed E-state index contributed by atoms with van der Waals surface area (Å²) >= 11 is 0. The van der Waals surface area contributed by atoms with Crippen molar-refractivity contribution in [2.75, 3.05) is 13.7 Å². The molecule has 1 unspecified atom stereocenters. The molecule has 118 valence electrons. The van der Waals surface area contributed by atoms with Crippen LogP contribution in [0.3, 0.4) is 0 Å². The maximum absolute atomic E-state index is 6.35. The fourth-order valence-corrected chi connectivity index (χ4v) is 2.62. The molecule has 22 heavy (non-hydrogen) atoms. The summed E-state index contributed by atoms with van der Waals surface area (Å²) in [6, 6.07) is 14.3. The largest absolute Gasteiger partial charge is 0.496 e. The van der Waals surface area contributed by atoms with E-state index in [0.717, 1.165) is 35.5 Å². The summed E-state index contributed by atoms with van der Waals surface area (Å²) in [5.74, 6) is 1.86. The Bertz CT molecular complexity index is 610. The first kappa shape index (κ1) is 16.4. The van der Waals surface area contributed by atoms with Crippen molar-refractivity contribution in [1.29, 1.82) is 0 Å². The van der Waals surface area contributed by atoms with Crippen molar-refractivity contribution in [2.45, 2.75) is 32.7 Å². The molecule has 0 spiro atoms. The van der Waals surface area contributed by atoms with Crippen LogP contribution in [-0.2, 0) is 6.42 Å². The van der Waals surface area contributed by atoms with E-state index >= 15 is 0 Å². The molecule has 2 aromatic rings. The maximum atomic E-state index is 6.35. The van der Waals surface area contributed by atoms with Gasteiger partial charge in [-0.1, -0.05) is 30.3 Å². The van der Waals surface area contributed by atoms with Gasteiger partial charge in [-0.05, 0) is 55.5 Å². The van der Waals surface area contributed by atoms with Crippen LogP contribution < -0.4 is 15.2 Å². The van der Waals surface area contributed by atoms with E-state index in [1.165, 1.54) is 5.56 Å². The van der Waals surface area contributed by atoms with Gasteiger partial charge in [-0.3, -0.25) is 0 Å². The number of methoxy groups -OCH3 is 1. The lowest BCUT2D eigenvalue weighted by molar-refractivity contribution is 0.336. The van der Waals surface area contributed by atoms with E-state index in [-0.39, 0.29) is 6.04 Å². The van der Waals surface area contributed by atoms with E-state index in [9.17, 15) is 0 Å². The highest BCUT2D eigenvalue weighted by Crippen LogP contribution is 2.26. The number of hydrogen-bond donors (Lipinski definition) is 1. The lowest BCUT2D eigenvalue weighted by Gasteiger charge is -2.15. The third kappa shape index (κ3) is 4.01. The Kier molecular flexibility index (Phi) is 5.84. The first-order valence-electron chi connectivity index (χ1n) is 7.76. The van der Waals surface area contributed by atoms with Crippen LogP contribution in [0.25, 0.3) is 0 Å². The Morgan fingerprint density at radius 3 is 2.55 bits per heavy atom. The first-order chi connectivity index (χ1) is 10.7. The molecule has 0 bridgehead atoms. The summed E-state index contributed by atoms with van der Waals surface area (Å²) in [7, 11) is 1.69. The van der Waals surface area contributed by atoms with Crippen LogP contribution in [0.15, 0.2) is 42.5 Å². The molecule has 2 rings (SSSR count). The zero-order valence-corrected chi connectivity index (χ0v) is 13.6. The summed E-state index contributed by atoms with van der Waals surface area (Å²) in [5.41, 5.74) is 9.82. The van der Waals surface area contributed by atoms with Crippen LogP contribution in [0.2, 0.25) is 0 Å². The average Bonchev–Trinajstić information content (AvgIpc) is 2.54. The predicted octanol–water partition coefficient (Wildman–Crippen LogP) is 4.03. The van der Waals surface area contributed by atoms with Gasteiger partial charge in [0.1, 0.15) is 11.5 Å². The number of aryl methyl sites for hydroxylation is 2. The van der Waals surface area contributed by atoms with E-state index < -0.39 is 0 Å². The van der Waals surface area contributed by atoms with Gasteiger partial charge in [0.25, 0.3) is 0 Å². The Morgan fingerprint density at radius 1 is 1.09 bits per heavy atom. The van der Waals surface area contributed by atoms with Gasteiger partial charge in [-0.25, -0.2) is 0 Å². The molecule has 0 aromatic heterocycles. The molecule has 0 radical (unpaired) electrons. The highest BCUT2D eigenvalue weighted by molar-refractivity contribution is 5.38. The molecular weight excluding hydrogens is 274 g/mol. The molecule has 2 N–H and O–H groups in total. The summed E-state index contributed by atoms with van der Waals surface area (Å²) in [4.78, 5) is 0. The smallest absolute Gasteiger partial charge is 0.122 e. The first-order valence-corrected chi connectivity index (χ1v) is 7.76. The molecule has 0 amide bonds. The molecule has 3 heteroatoms. The van der Waals surface area contributed by atoms with Crippen LogP contribution in [0.4, 0.5) is 0 Å². The molecule has 0 aliphatic heterocycles. The van der Waals surface area contributed by atoms with Crippen LogP contribution in [0.1, 0.15) is 36.1 Å². The summed E-state index contributed by atoms with van der Waals surface area (Å²) in [6.07, 6.45) is 1.79.